The number of nitrogens with zero attached hydrogens (tertiary/aromatic N) is 5. The van der Waals surface area contributed by atoms with Gasteiger partial charge < -0.3 is 14.0 Å². The lowest BCUT2D eigenvalue weighted by molar-refractivity contribution is 0.589. The van der Waals surface area contributed by atoms with E-state index in [1.807, 2.05) is 18.2 Å². The van der Waals surface area contributed by atoms with E-state index in [0.29, 0.717) is 11.1 Å². The van der Waals surface area contributed by atoms with Gasteiger partial charge in [0, 0.05) is 61.3 Å². The summed E-state index contributed by atoms with van der Waals surface area (Å²) in [5.41, 5.74) is 33.9. The maximum absolute atomic E-state index is 11.0. The standard InChI is InChI=1S/C105H82BN5/c1-103(2,3)76-46-42-68(43-47-76)74-56-85(70-28-12-10-13-29-70)99(86(57-74)72-32-24-26-66(54-72)64-107)100-89-62-79(109-93-38-20-16-34-81(93)82-35-17-21-39-94(82)109)50-52-91(89)106-92-53-51-80(110-95-40-22-18-36-83(95)84-37-19-23-41-96(84)110)63-97(92)111(98-61-78(105(7,8)9)60-90(100)101(98)106)102-87(71-30-14-11-15-31-71)58-75(69-44-48-77(49-45-69)104(4,5)6)59-88(102)73-33-25-27-67(55-73)65-108/h10-63,100H,1-9H3. The average Bonchev–Trinajstić information content (AvgIpc) is 1.14. The first-order valence-corrected chi connectivity index (χ1v) is 38.8. The Morgan fingerprint density at radius 2 is 0.694 bits per heavy atom. The molecule has 19 rings (SSSR count). The normalized spacial score (nSPS) is 13.3. The second-order valence-electron chi connectivity index (χ2n) is 33.4. The van der Waals surface area contributed by atoms with Crippen LogP contribution in [0, 0.1) is 22.7 Å². The monoisotopic (exact) mass is 1420 g/mol. The molecule has 1 atom stereocenters. The van der Waals surface area contributed by atoms with Gasteiger partial charge in [0.15, 0.2) is 0 Å². The summed E-state index contributed by atoms with van der Waals surface area (Å²) in [6, 6.07) is 127. The molecular weight excluding hydrogens is 1340 g/mol. The van der Waals surface area contributed by atoms with Crippen LogP contribution < -0.4 is 21.3 Å². The van der Waals surface area contributed by atoms with E-state index < -0.39 is 11.3 Å². The number of para-hydroxylation sites is 4. The summed E-state index contributed by atoms with van der Waals surface area (Å²) in [5, 5.41) is 26.8. The molecule has 15 aromatic carbocycles. The second-order valence-corrected chi connectivity index (χ2v) is 33.4. The third-order valence-electron chi connectivity index (χ3n) is 23.6. The van der Waals surface area contributed by atoms with Gasteiger partial charge in [0.25, 0.3) is 0 Å². The van der Waals surface area contributed by atoms with Gasteiger partial charge in [-0.1, -0.05) is 292 Å². The number of anilines is 3. The third kappa shape index (κ3) is 11.5. The van der Waals surface area contributed by atoms with Crippen molar-refractivity contribution in [3.05, 3.63) is 372 Å². The van der Waals surface area contributed by atoms with Gasteiger partial charge in [0.1, 0.15) is 0 Å². The zero-order valence-corrected chi connectivity index (χ0v) is 64.1. The topological polar surface area (TPSA) is 60.7 Å². The van der Waals surface area contributed by atoms with Crippen LogP contribution in [0.4, 0.5) is 17.1 Å². The molecule has 6 heteroatoms. The average molecular weight is 1420 g/mol. The van der Waals surface area contributed by atoms with Crippen molar-refractivity contribution in [1.82, 2.24) is 9.13 Å². The summed E-state index contributed by atoms with van der Waals surface area (Å²) in [6.45, 7) is 20.5. The van der Waals surface area contributed by atoms with Crippen LogP contribution in [0.15, 0.2) is 328 Å². The lowest BCUT2D eigenvalue weighted by Crippen LogP contribution is -2.62. The summed E-state index contributed by atoms with van der Waals surface area (Å²) in [7, 11) is 0. The van der Waals surface area contributed by atoms with Crippen LogP contribution in [-0.2, 0) is 16.2 Å². The molecule has 2 aromatic heterocycles. The predicted octanol–water partition coefficient (Wildman–Crippen LogP) is 25.3. The molecule has 0 aliphatic carbocycles. The molecule has 2 aliphatic heterocycles. The molecule has 0 radical (unpaired) electrons. The fourth-order valence-corrected chi connectivity index (χ4v) is 18.0. The Morgan fingerprint density at radius 3 is 1.16 bits per heavy atom. The zero-order valence-electron chi connectivity index (χ0n) is 64.1. The van der Waals surface area contributed by atoms with Crippen LogP contribution >= 0.6 is 0 Å². The third-order valence-corrected chi connectivity index (χ3v) is 23.6. The van der Waals surface area contributed by atoms with Crippen molar-refractivity contribution in [2.24, 2.45) is 0 Å². The van der Waals surface area contributed by atoms with Gasteiger partial charge in [0.05, 0.1) is 51.0 Å². The molecule has 0 N–H and O–H groups in total. The van der Waals surface area contributed by atoms with E-state index in [1.165, 1.54) is 60.3 Å². The van der Waals surface area contributed by atoms with Gasteiger partial charge in [-0.3, -0.25) is 0 Å². The smallest absolute Gasteiger partial charge is 0.247 e. The van der Waals surface area contributed by atoms with Crippen molar-refractivity contribution in [2.45, 2.75) is 84.5 Å². The van der Waals surface area contributed by atoms with Crippen LogP contribution in [-0.4, -0.2) is 15.8 Å². The Morgan fingerprint density at radius 1 is 0.297 bits per heavy atom. The molecule has 0 amide bonds. The molecule has 0 bridgehead atoms. The molecule has 0 spiro atoms. The summed E-state index contributed by atoms with van der Waals surface area (Å²) < 4.78 is 4.95. The molecule has 17 aromatic rings. The van der Waals surface area contributed by atoms with Gasteiger partial charge in [-0.25, -0.2) is 0 Å². The fourth-order valence-electron chi connectivity index (χ4n) is 18.0. The maximum Gasteiger partial charge on any atom is 0.247 e. The first-order valence-electron chi connectivity index (χ1n) is 38.8. The molecule has 111 heavy (non-hydrogen) atoms. The number of hydrogen-bond donors (Lipinski definition) is 0. The number of aromatic nitrogens is 2. The van der Waals surface area contributed by atoms with E-state index in [9.17, 15) is 10.5 Å². The summed E-state index contributed by atoms with van der Waals surface area (Å²) in [5.74, 6) is -0.437. The quantitative estimate of drug-likeness (QED) is 0.128. The lowest BCUT2D eigenvalue weighted by Gasteiger charge is -2.45. The van der Waals surface area contributed by atoms with E-state index in [1.54, 1.807) is 0 Å². The Hall–Kier alpha value is -13.3. The highest BCUT2D eigenvalue weighted by molar-refractivity contribution is 6.99. The Labute approximate surface area is 651 Å². The van der Waals surface area contributed by atoms with Crippen LogP contribution in [0.2, 0.25) is 0 Å². The SMILES string of the molecule is CC(C)(C)c1ccc(-c2cc(-c3ccccc3)c(C3c4cc(-n5c6ccccc6c6ccccc65)ccc4B4c5ccc(-n6c7ccccc7c7ccccc76)cc5N(c5c(-c6ccccc6)cc(-c6ccc(C(C)(C)C)cc6)cc5-c5cccc(C#N)c5)c5cc(C(C)(C)C)cc3c54)c(-c3cccc(C#N)c3)c2)cc1. The van der Waals surface area contributed by atoms with Gasteiger partial charge in [-0.2, -0.15) is 10.5 Å². The summed E-state index contributed by atoms with van der Waals surface area (Å²) in [6.07, 6.45) is 0. The lowest BCUT2D eigenvalue weighted by atomic mass is 9.31. The number of rotatable bonds is 10. The number of hydrogen-bond acceptors (Lipinski definition) is 3. The van der Waals surface area contributed by atoms with Crippen molar-refractivity contribution in [3.8, 4) is 90.3 Å². The zero-order chi connectivity index (χ0) is 75.8. The first-order chi connectivity index (χ1) is 53.9. The molecular formula is C105H82BN5. The van der Waals surface area contributed by atoms with Crippen LogP contribution in [0.5, 0.6) is 0 Å². The van der Waals surface area contributed by atoms with E-state index >= 15 is 0 Å². The predicted molar refractivity (Wildman–Crippen MR) is 466 cm³/mol. The number of nitriles is 2. The van der Waals surface area contributed by atoms with Crippen molar-refractivity contribution in [1.29, 1.82) is 10.5 Å². The molecule has 5 nitrogen and oxygen atoms in total. The first kappa shape index (κ1) is 68.3. The van der Waals surface area contributed by atoms with Gasteiger partial charge in [-0.05, 0) is 219 Å². The summed E-state index contributed by atoms with van der Waals surface area (Å²) >= 11 is 0. The van der Waals surface area contributed by atoms with Crippen molar-refractivity contribution < 1.29 is 0 Å². The van der Waals surface area contributed by atoms with E-state index in [-0.39, 0.29) is 17.5 Å². The minimum atomic E-state index is -0.437. The Balaban J connectivity index is 0.998. The van der Waals surface area contributed by atoms with Gasteiger partial charge >= 0.3 is 0 Å². The molecule has 0 saturated heterocycles. The van der Waals surface area contributed by atoms with Crippen molar-refractivity contribution in [2.75, 3.05) is 4.90 Å². The van der Waals surface area contributed by atoms with E-state index in [2.05, 4.69) is 398 Å². The molecule has 0 fully saturated rings. The molecule has 530 valence electrons. The maximum atomic E-state index is 11.0. The van der Waals surface area contributed by atoms with Crippen LogP contribution in [0.1, 0.15) is 113 Å². The highest BCUT2D eigenvalue weighted by atomic mass is 15.2. The van der Waals surface area contributed by atoms with Gasteiger partial charge in [0.2, 0.25) is 6.71 Å². The van der Waals surface area contributed by atoms with Crippen molar-refractivity contribution in [3.63, 3.8) is 0 Å². The van der Waals surface area contributed by atoms with Crippen LogP contribution in [0.25, 0.3) is 122 Å². The Kier molecular flexibility index (Phi) is 16.2. The van der Waals surface area contributed by atoms with Gasteiger partial charge in [-0.15, -0.1) is 0 Å². The number of fused-ring (bicyclic) bond motifs is 10. The largest absolute Gasteiger partial charge is 0.310 e. The molecule has 2 aliphatic rings. The highest BCUT2D eigenvalue weighted by Crippen LogP contribution is 2.55. The van der Waals surface area contributed by atoms with Crippen LogP contribution in [0.3, 0.4) is 0 Å². The molecule has 4 heterocycles. The van der Waals surface area contributed by atoms with Crippen molar-refractivity contribution >= 4 is 83.8 Å². The minimum Gasteiger partial charge on any atom is -0.310 e. The molecule has 1 unspecified atom stereocenters. The molecule has 0 saturated carbocycles. The summed E-state index contributed by atoms with van der Waals surface area (Å²) in [4.78, 5) is 2.66. The fraction of sp³-hybridized carbons (Fsp3) is 0.124. The Bertz CT molecular complexity index is 6210. The minimum absolute atomic E-state index is 0.0498. The van der Waals surface area contributed by atoms with E-state index in [4.69, 9.17) is 0 Å². The second kappa shape index (κ2) is 26.3. The van der Waals surface area contributed by atoms with E-state index in [0.717, 1.165) is 128 Å². The number of benzene rings is 15. The highest BCUT2D eigenvalue weighted by Gasteiger charge is 2.47.